The molecule has 0 unspecified atom stereocenters. The van der Waals surface area contributed by atoms with E-state index in [1.54, 1.807) is 36.4 Å². The van der Waals surface area contributed by atoms with Crippen LogP contribution in [0.3, 0.4) is 0 Å². The van der Waals surface area contributed by atoms with Crippen molar-refractivity contribution in [2.24, 2.45) is 5.10 Å². The fourth-order valence-corrected chi connectivity index (χ4v) is 4.84. The van der Waals surface area contributed by atoms with Crippen LogP contribution >= 0.6 is 0 Å². The molecule has 0 atom stereocenters. The van der Waals surface area contributed by atoms with E-state index in [2.05, 4.69) is 15.2 Å². The highest BCUT2D eigenvalue weighted by atomic mass is 32.2. The summed E-state index contributed by atoms with van der Waals surface area (Å²) in [6.07, 6.45) is 1.20. The van der Waals surface area contributed by atoms with Crippen LogP contribution in [0.25, 0.3) is 0 Å². The molecule has 0 aliphatic carbocycles. The quantitative estimate of drug-likeness (QED) is 0.200. The van der Waals surface area contributed by atoms with Gasteiger partial charge in [-0.3, -0.25) is 9.52 Å². The molecular formula is C30H29N3O4S. The molecule has 0 aromatic heterocycles. The largest absolute Gasteiger partial charge is 0.494 e. The molecule has 0 saturated carbocycles. The van der Waals surface area contributed by atoms with Gasteiger partial charge in [-0.05, 0) is 66.6 Å². The average Bonchev–Trinajstić information content (AvgIpc) is 2.93. The first kappa shape index (κ1) is 26.6. The Morgan fingerprint density at radius 3 is 1.84 bits per heavy atom. The van der Waals surface area contributed by atoms with E-state index in [0.29, 0.717) is 36.4 Å². The molecule has 0 aliphatic heterocycles. The number of benzene rings is 4. The van der Waals surface area contributed by atoms with Gasteiger partial charge in [-0.25, -0.2) is 13.8 Å². The van der Waals surface area contributed by atoms with E-state index >= 15 is 0 Å². The smallest absolute Gasteiger partial charge is 0.271 e. The van der Waals surface area contributed by atoms with Crippen molar-refractivity contribution in [2.75, 3.05) is 11.3 Å². The van der Waals surface area contributed by atoms with Crippen molar-refractivity contribution in [3.63, 3.8) is 0 Å². The molecule has 1 amide bonds. The third kappa shape index (κ3) is 7.54. The van der Waals surface area contributed by atoms with Gasteiger partial charge in [0.2, 0.25) is 0 Å². The summed E-state index contributed by atoms with van der Waals surface area (Å²) in [5, 5.41) is 4.43. The summed E-state index contributed by atoms with van der Waals surface area (Å²) in [5.74, 6) is 0.213. The second kappa shape index (κ2) is 12.7. The van der Waals surface area contributed by atoms with Gasteiger partial charge in [0.05, 0.1) is 11.5 Å². The SMILES string of the molecule is CCOc1ccc(S(=O)(=O)Nc2ccc(C(=O)NN=C(Cc3ccccc3)Cc3ccccc3)cc2)cc1. The lowest BCUT2D eigenvalue weighted by Crippen LogP contribution is -2.21. The van der Waals surface area contributed by atoms with Gasteiger partial charge in [-0.2, -0.15) is 5.10 Å². The van der Waals surface area contributed by atoms with Crippen molar-refractivity contribution in [3.05, 3.63) is 126 Å². The number of hydrogen-bond donors (Lipinski definition) is 2. The van der Waals surface area contributed by atoms with Crippen LogP contribution < -0.4 is 14.9 Å². The number of ether oxygens (including phenoxy) is 1. The van der Waals surface area contributed by atoms with E-state index < -0.39 is 10.0 Å². The Kier molecular flexibility index (Phi) is 8.89. The number of carbonyl (C=O) groups excluding carboxylic acids is 1. The first-order chi connectivity index (χ1) is 18.4. The monoisotopic (exact) mass is 527 g/mol. The van der Waals surface area contributed by atoms with Gasteiger partial charge in [0.25, 0.3) is 15.9 Å². The summed E-state index contributed by atoms with van der Waals surface area (Å²) >= 11 is 0. The van der Waals surface area contributed by atoms with Gasteiger partial charge in [0, 0.05) is 29.8 Å². The predicted octanol–water partition coefficient (Wildman–Crippen LogP) is 5.46. The second-order valence-corrected chi connectivity index (χ2v) is 10.2. The van der Waals surface area contributed by atoms with Crippen LogP contribution in [-0.2, 0) is 22.9 Å². The molecule has 0 fully saturated rings. The summed E-state index contributed by atoms with van der Waals surface area (Å²) in [7, 11) is -3.79. The topological polar surface area (TPSA) is 96.9 Å². The summed E-state index contributed by atoms with van der Waals surface area (Å²) in [6.45, 7) is 2.35. The van der Waals surface area contributed by atoms with E-state index in [-0.39, 0.29) is 10.8 Å². The highest BCUT2D eigenvalue weighted by Gasteiger charge is 2.15. The standard InChI is InChI=1S/C30H29N3O4S/c1-2-37-28-17-19-29(20-18-28)38(35,36)33-26-15-13-25(14-16-26)30(34)32-31-27(21-23-9-5-3-6-10-23)22-24-11-7-4-8-12-24/h3-20,33H,2,21-22H2,1H3,(H,32,34). The minimum atomic E-state index is -3.79. The minimum Gasteiger partial charge on any atom is -0.494 e. The number of rotatable bonds is 11. The molecule has 4 aromatic rings. The number of anilines is 1. The average molecular weight is 528 g/mol. The van der Waals surface area contributed by atoms with Crippen molar-refractivity contribution in [1.82, 2.24) is 5.43 Å². The number of nitrogens with one attached hydrogen (secondary N) is 2. The van der Waals surface area contributed by atoms with Crippen LogP contribution in [0.5, 0.6) is 5.75 Å². The minimum absolute atomic E-state index is 0.112. The molecule has 0 radical (unpaired) electrons. The van der Waals surface area contributed by atoms with Crippen molar-refractivity contribution in [2.45, 2.75) is 24.7 Å². The fourth-order valence-electron chi connectivity index (χ4n) is 3.78. The van der Waals surface area contributed by atoms with Crippen molar-refractivity contribution >= 4 is 27.3 Å². The number of hydrogen-bond acceptors (Lipinski definition) is 5. The highest BCUT2D eigenvalue weighted by molar-refractivity contribution is 7.92. The molecule has 0 saturated heterocycles. The van der Waals surface area contributed by atoms with Crippen molar-refractivity contribution in [3.8, 4) is 5.75 Å². The number of nitrogens with zero attached hydrogens (tertiary/aromatic N) is 1. The Morgan fingerprint density at radius 1 is 0.763 bits per heavy atom. The lowest BCUT2D eigenvalue weighted by Gasteiger charge is -2.10. The molecule has 0 aliphatic rings. The maximum atomic E-state index is 12.8. The fraction of sp³-hybridized carbons (Fsp3) is 0.133. The van der Waals surface area contributed by atoms with Gasteiger partial charge in [-0.1, -0.05) is 60.7 Å². The van der Waals surface area contributed by atoms with Crippen LogP contribution in [0.15, 0.2) is 119 Å². The molecule has 194 valence electrons. The second-order valence-electron chi connectivity index (χ2n) is 8.53. The van der Waals surface area contributed by atoms with Gasteiger partial charge in [-0.15, -0.1) is 0 Å². The number of sulfonamides is 1. The summed E-state index contributed by atoms with van der Waals surface area (Å²) in [6, 6.07) is 32.3. The van der Waals surface area contributed by atoms with E-state index in [9.17, 15) is 13.2 Å². The van der Waals surface area contributed by atoms with Gasteiger partial charge < -0.3 is 4.74 Å². The molecule has 8 heteroatoms. The van der Waals surface area contributed by atoms with E-state index in [0.717, 1.165) is 16.8 Å². The van der Waals surface area contributed by atoms with Crippen LogP contribution in [-0.4, -0.2) is 26.6 Å². The number of hydrazone groups is 1. The maximum absolute atomic E-state index is 12.8. The zero-order valence-corrected chi connectivity index (χ0v) is 21.8. The number of carbonyl (C=O) groups is 1. The first-order valence-corrected chi connectivity index (χ1v) is 13.7. The number of amides is 1. The third-order valence-electron chi connectivity index (χ3n) is 5.66. The lowest BCUT2D eigenvalue weighted by molar-refractivity contribution is 0.0954. The predicted molar refractivity (Wildman–Crippen MR) is 150 cm³/mol. The van der Waals surface area contributed by atoms with E-state index in [1.807, 2.05) is 67.6 Å². The normalized spacial score (nSPS) is 10.9. The Hall–Kier alpha value is -4.43. The zero-order valence-electron chi connectivity index (χ0n) is 21.0. The molecule has 0 spiro atoms. The molecule has 2 N–H and O–H groups in total. The Bertz CT molecular complexity index is 1430. The molecule has 0 bridgehead atoms. The van der Waals surface area contributed by atoms with Gasteiger partial charge in [0.1, 0.15) is 5.75 Å². The molecule has 0 heterocycles. The Balaban J connectivity index is 1.42. The van der Waals surface area contributed by atoms with Gasteiger partial charge >= 0.3 is 0 Å². The van der Waals surface area contributed by atoms with Crippen LogP contribution in [0, 0.1) is 0 Å². The molecular weight excluding hydrogens is 498 g/mol. The van der Waals surface area contributed by atoms with Crippen molar-refractivity contribution < 1.29 is 17.9 Å². The molecule has 4 rings (SSSR count). The lowest BCUT2D eigenvalue weighted by atomic mass is 10.0. The third-order valence-corrected chi connectivity index (χ3v) is 7.06. The first-order valence-electron chi connectivity index (χ1n) is 12.2. The van der Waals surface area contributed by atoms with Gasteiger partial charge in [0.15, 0.2) is 0 Å². The zero-order chi connectivity index (χ0) is 26.8. The highest BCUT2D eigenvalue weighted by Crippen LogP contribution is 2.20. The molecule has 4 aromatic carbocycles. The van der Waals surface area contributed by atoms with Crippen LogP contribution in [0.1, 0.15) is 28.4 Å². The van der Waals surface area contributed by atoms with Crippen LogP contribution in [0.4, 0.5) is 5.69 Å². The maximum Gasteiger partial charge on any atom is 0.271 e. The summed E-state index contributed by atoms with van der Waals surface area (Å²) in [4.78, 5) is 12.9. The molecule has 7 nitrogen and oxygen atoms in total. The Labute approximate surface area is 223 Å². The van der Waals surface area contributed by atoms with Crippen molar-refractivity contribution in [1.29, 1.82) is 0 Å². The Morgan fingerprint density at radius 2 is 1.32 bits per heavy atom. The summed E-state index contributed by atoms with van der Waals surface area (Å²) < 4.78 is 33.3. The van der Waals surface area contributed by atoms with E-state index in [1.165, 1.54) is 12.1 Å². The van der Waals surface area contributed by atoms with Crippen LogP contribution in [0.2, 0.25) is 0 Å². The molecule has 38 heavy (non-hydrogen) atoms. The summed E-state index contributed by atoms with van der Waals surface area (Å²) in [5.41, 5.74) is 6.36. The van der Waals surface area contributed by atoms with E-state index in [4.69, 9.17) is 4.74 Å².